The molecule has 1 aliphatic rings. The molecule has 3 rings (SSSR count). The Morgan fingerprint density at radius 2 is 1.53 bits per heavy atom. The summed E-state index contributed by atoms with van der Waals surface area (Å²) >= 11 is 0. The molecular weight excluding hydrogens is 419 g/mol. The van der Waals surface area contributed by atoms with Crippen LogP contribution in [-0.4, -0.2) is 30.2 Å². The quantitative estimate of drug-likeness (QED) is 0.238. The summed E-state index contributed by atoms with van der Waals surface area (Å²) in [4.78, 5) is 1.56. The molecule has 1 saturated heterocycles. The fourth-order valence-corrected chi connectivity index (χ4v) is 5.74. The van der Waals surface area contributed by atoms with Crippen molar-refractivity contribution in [2.75, 3.05) is 18.1 Å². The SMILES string of the molecule is CCC(F)(F)CC(F)(F)F.CCCCOc1ccc([S+]2CCCC2)c2ccccc12. The van der Waals surface area contributed by atoms with E-state index in [4.69, 9.17) is 4.74 Å². The van der Waals surface area contributed by atoms with E-state index in [0.29, 0.717) is 10.9 Å². The largest absolute Gasteiger partial charge is 0.493 e. The molecule has 0 saturated carbocycles. The van der Waals surface area contributed by atoms with E-state index < -0.39 is 24.9 Å². The van der Waals surface area contributed by atoms with Gasteiger partial charge in [-0.05, 0) is 37.5 Å². The smallest absolute Gasteiger partial charge is 0.394 e. The van der Waals surface area contributed by atoms with Crippen LogP contribution in [0.5, 0.6) is 5.75 Å². The maximum Gasteiger partial charge on any atom is 0.394 e. The monoisotopic (exact) mass is 449 g/mol. The van der Waals surface area contributed by atoms with Gasteiger partial charge in [-0.1, -0.05) is 38.5 Å². The molecule has 2 aromatic rings. The molecule has 0 radical (unpaired) electrons. The van der Waals surface area contributed by atoms with E-state index in [9.17, 15) is 22.0 Å². The molecule has 1 nitrogen and oxygen atoms in total. The Morgan fingerprint density at radius 1 is 0.900 bits per heavy atom. The van der Waals surface area contributed by atoms with Gasteiger partial charge in [-0.3, -0.25) is 0 Å². The van der Waals surface area contributed by atoms with Gasteiger partial charge in [0.2, 0.25) is 0 Å². The first-order valence-corrected chi connectivity index (χ1v) is 12.0. The highest BCUT2D eigenvalue weighted by Crippen LogP contribution is 2.35. The highest BCUT2D eigenvalue weighted by atomic mass is 32.2. The van der Waals surface area contributed by atoms with E-state index >= 15 is 0 Å². The summed E-state index contributed by atoms with van der Waals surface area (Å²) < 4.78 is 63.6. The van der Waals surface area contributed by atoms with Gasteiger partial charge in [0.15, 0.2) is 4.90 Å². The summed E-state index contributed by atoms with van der Waals surface area (Å²) in [7, 11) is 0.464. The number of hydrogen-bond acceptors (Lipinski definition) is 1. The van der Waals surface area contributed by atoms with Crippen molar-refractivity contribution in [3.8, 4) is 5.75 Å². The lowest BCUT2D eigenvalue weighted by molar-refractivity contribution is -0.188. The number of ether oxygens (including phenoxy) is 1. The van der Waals surface area contributed by atoms with Gasteiger partial charge in [0, 0.05) is 28.1 Å². The Kier molecular flexibility index (Phi) is 9.26. The Hall–Kier alpha value is -1.50. The average Bonchev–Trinajstić information content (AvgIpc) is 3.21. The number of halogens is 5. The zero-order valence-corrected chi connectivity index (χ0v) is 18.4. The predicted molar refractivity (Wildman–Crippen MR) is 115 cm³/mol. The summed E-state index contributed by atoms with van der Waals surface area (Å²) in [6.07, 6.45) is -2.46. The van der Waals surface area contributed by atoms with Crippen molar-refractivity contribution < 1.29 is 26.7 Å². The molecule has 30 heavy (non-hydrogen) atoms. The van der Waals surface area contributed by atoms with Crippen LogP contribution in [-0.2, 0) is 10.9 Å². The molecule has 168 valence electrons. The third-order valence-electron chi connectivity index (χ3n) is 4.92. The highest BCUT2D eigenvalue weighted by Gasteiger charge is 2.41. The van der Waals surface area contributed by atoms with Crippen molar-refractivity contribution in [3.63, 3.8) is 0 Å². The Balaban J connectivity index is 0.000000274. The van der Waals surface area contributed by atoms with Crippen molar-refractivity contribution >= 4 is 21.7 Å². The number of benzene rings is 2. The van der Waals surface area contributed by atoms with Crippen molar-refractivity contribution in [3.05, 3.63) is 36.4 Å². The van der Waals surface area contributed by atoms with E-state index in [0.717, 1.165) is 25.7 Å². The van der Waals surface area contributed by atoms with Crippen molar-refractivity contribution in [1.29, 1.82) is 0 Å². The molecule has 1 fully saturated rings. The topological polar surface area (TPSA) is 9.23 Å². The second kappa shape index (κ2) is 11.2. The lowest BCUT2D eigenvalue weighted by atomic mass is 10.1. The fourth-order valence-electron chi connectivity index (χ4n) is 3.24. The molecule has 0 aromatic heterocycles. The second-order valence-electron chi connectivity index (χ2n) is 7.42. The van der Waals surface area contributed by atoms with Gasteiger partial charge in [-0.2, -0.15) is 13.2 Å². The van der Waals surface area contributed by atoms with Crippen LogP contribution >= 0.6 is 0 Å². The van der Waals surface area contributed by atoms with E-state index in [1.807, 2.05) is 0 Å². The zero-order valence-electron chi connectivity index (χ0n) is 17.5. The molecule has 0 amide bonds. The zero-order chi connectivity index (χ0) is 22.2. The summed E-state index contributed by atoms with van der Waals surface area (Å²) in [6.45, 7) is 4.04. The molecule has 1 heterocycles. The second-order valence-corrected chi connectivity index (χ2v) is 9.66. The van der Waals surface area contributed by atoms with Crippen LogP contribution in [0.3, 0.4) is 0 Å². The minimum Gasteiger partial charge on any atom is -0.493 e. The van der Waals surface area contributed by atoms with Gasteiger partial charge < -0.3 is 4.74 Å². The van der Waals surface area contributed by atoms with E-state index in [1.54, 1.807) is 4.90 Å². The molecule has 0 aliphatic carbocycles. The first kappa shape index (κ1) is 24.8. The minimum absolute atomic E-state index is 0.464. The van der Waals surface area contributed by atoms with Crippen LogP contribution < -0.4 is 4.74 Å². The highest BCUT2D eigenvalue weighted by molar-refractivity contribution is 7.97. The molecule has 7 heteroatoms. The lowest BCUT2D eigenvalue weighted by Gasteiger charge is -2.15. The lowest BCUT2D eigenvalue weighted by Crippen LogP contribution is -2.24. The van der Waals surface area contributed by atoms with E-state index in [2.05, 4.69) is 43.3 Å². The first-order valence-electron chi connectivity index (χ1n) is 10.4. The molecule has 0 atom stereocenters. The molecule has 0 unspecified atom stereocenters. The van der Waals surface area contributed by atoms with Crippen LogP contribution in [0, 0.1) is 0 Å². The minimum atomic E-state index is -4.76. The van der Waals surface area contributed by atoms with Gasteiger partial charge in [0.1, 0.15) is 23.7 Å². The van der Waals surface area contributed by atoms with Gasteiger partial charge in [0.05, 0.1) is 6.61 Å². The molecule has 2 aromatic carbocycles. The number of rotatable bonds is 7. The maximum atomic E-state index is 11.9. The van der Waals surface area contributed by atoms with Crippen LogP contribution in [0.4, 0.5) is 22.0 Å². The van der Waals surface area contributed by atoms with Gasteiger partial charge >= 0.3 is 6.18 Å². The van der Waals surface area contributed by atoms with Crippen LogP contribution in [0.2, 0.25) is 0 Å². The van der Waals surface area contributed by atoms with Crippen molar-refractivity contribution in [2.24, 2.45) is 0 Å². The van der Waals surface area contributed by atoms with Crippen molar-refractivity contribution in [2.45, 2.75) is 69.4 Å². The summed E-state index contributed by atoms with van der Waals surface area (Å²) in [5.74, 6) is 0.207. The molecule has 0 N–H and O–H groups in total. The van der Waals surface area contributed by atoms with Crippen molar-refractivity contribution in [1.82, 2.24) is 0 Å². The van der Waals surface area contributed by atoms with Gasteiger partial charge in [-0.25, -0.2) is 8.78 Å². The summed E-state index contributed by atoms with van der Waals surface area (Å²) in [5.41, 5.74) is 0. The normalized spacial score (nSPS) is 15.2. The Labute approximate surface area is 178 Å². The Morgan fingerprint density at radius 3 is 2.07 bits per heavy atom. The third-order valence-corrected chi connectivity index (χ3v) is 7.46. The third kappa shape index (κ3) is 7.64. The summed E-state index contributed by atoms with van der Waals surface area (Å²) in [6, 6.07) is 13.3. The maximum absolute atomic E-state index is 11.9. The van der Waals surface area contributed by atoms with E-state index in [1.165, 1.54) is 41.5 Å². The van der Waals surface area contributed by atoms with Crippen LogP contribution in [0.25, 0.3) is 10.8 Å². The van der Waals surface area contributed by atoms with E-state index in [-0.39, 0.29) is 0 Å². The number of hydrogen-bond donors (Lipinski definition) is 0. The predicted octanol–water partition coefficient (Wildman–Crippen LogP) is 7.77. The van der Waals surface area contributed by atoms with Crippen LogP contribution in [0.15, 0.2) is 41.3 Å². The molecule has 0 bridgehead atoms. The average molecular weight is 450 g/mol. The van der Waals surface area contributed by atoms with Gasteiger partial charge in [0.25, 0.3) is 5.92 Å². The standard InChI is InChI=1S/C18H23OS.C5H7F5/c1-2-3-12-19-17-10-11-18(20-13-6-7-14-20)16-9-5-4-8-15(16)17;1-2-4(6,7)3-5(8,9)10/h4-5,8-11H,2-3,6-7,12-14H2,1H3;2-3H2,1H3/q+1;. The molecular formula is C23H30F5OS+. The molecule has 1 aliphatic heterocycles. The fraction of sp³-hybridized carbons (Fsp3) is 0.565. The first-order chi connectivity index (χ1) is 14.2. The number of unbranched alkanes of at least 4 members (excludes halogenated alkanes) is 1. The number of alkyl halides is 5. The number of fused-ring (bicyclic) bond motifs is 1. The molecule has 0 spiro atoms. The Bertz CT molecular complexity index is 785. The van der Waals surface area contributed by atoms with Crippen LogP contribution in [0.1, 0.15) is 52.4 Å². The summed E-state index contributed by atoms with van der Waals surface area (Å²) in [5, 5.41) is 2.70. The van der Waals surface area contributed by atoms with Gasteiger partial charge in [-0.15, -0.1) is 0 Å².